The first-order valence-corrected chi connectivity index (χ1v) is 9.56. The van der Waals surface area contributed by atoms with E-state index in [2.05, 4.69) is 13.8 Å². The van der Waals surface area contributed by atoms with Gasteiger partial charge in [0.2, 0.25) is 0 Å². The van der Waals surface area contributed by atoms with Crippen molar-refractivity contribution in [2.24, 2.45) is 0 Å². The Labute approximate surface area is 133 Å². The summed E-state index contributed by atoms with van der Waals surface area (Å²) in [5, 5.41) is 19.6. The summed E-state index contributed by atoms with van der Waals surface area (Å²) in [6.07, 6.45) is 17.2. The number of hydrogen-bond donors (Lipinski definition) is 2. The van der Waals surface area contributed by atoms with Crippen molar-refractivity contribution in [2.45, 2.75) is 122 Å². The van der Waals surface area contributed by atoms with Crippen molar-refractivity contribution in [3.05, 3.63) is 0 Å². The van der Waals surface area contributed by atoms with Crippen LogP contribution in [0.4, 0.5) is 0 Å². The number of aliphatic hydroxyl groups excluding tert-OH is 2. The molecule has 2 atom stereocenters. The molecule has 0 aromatic carbocycles. The molecule has 0 heterocycles. The van der Waals surface area contributed by atoms with Crippen molar-refractivity contribution in [1.82, 2.24) is 0 Å². The average Bonchev–Trinajstić information content (AvgIpc) is 2.46. The maximum absolute atomic E-state index is 9.93. The molecule has 0 aromatic heterocycles. The third-order valence-corrected chi connectivity index (χ3v) is 4.34. The van der Waals surface area contributed by atoms with Crippen LogP contribution in [0, 0.1) is 0 Å². The second-order valence-corrected chi connectivity index (χ2v) is 6.64. The topological polar surface area (TPSA) is 40.5 Å². The van der Waals surface area contributed by atoms with Crippen LogP contribution in [0.1, 0.15) is 110 Å². The second-order valence-electron chi connectivity index (χ2n) is 6.64. The maximum Gasteiger partial charge on any atom is 0.0540 e. The summed E-state index contributed by atoms with van der Waals surface area (Å²) in [7, 11) is 0. The van der Waals surface area contributed by atoms with Crippen molar-refractivity contribution < 1.29 is 10.2 Å². The zero-order valence-electron chi connectivity index (χ0n) is 14.7. The Morgan fingerprint density at radius 2 is 0.857 bits per heavy atom. The molecule has 0 bridgehead atoms. The molecule has 0 saturated carbocycles. The normalized spacial score (nSPS) is 14.3. The van der Waals surface area contributed by atoms with Crippen LogP contribution in [0.2, 0.25) is 0 Å². The monoisotopic (exact) mass is 300 g/mol. The van der Waals surface area contributed by atoms with E-state index >= 15 is 0 Å². The van der Waals surface area contributed by atoms with Gasteiger partial charge in [-0.05, 0) is 25.7 Å². The number of aliphatic hydroxyl groups is 2. The van der Waals surface area contributed by atoms with E-state index in [-0.39, 0.29) is 12.2 Å². The van der Waals surface area contributed by atoms with E-state index in [1.165, 1.54) is 44.9 Å². The summed E-state index contributed by atoms with van der Waals surface area (Å²) in [6, 6.07) is 0. The molecule has 0 aliphatic rings. The SMILES string of the molecule is CCCCCCCCCC(O)CCCCCC(O)CCC. The van der Waals surface area contributed by atoms with Gasteiger partial charge in [0.1, 0.15) is 0 Å². The molecule has 128 valence electrons. The van der Waals surface area contributed by atoms with Gasteiger partial charge in [-0.3, -0.25) is 0 Å². The molecular weight excluding hydrogens is 260 g/mol. The van der Waals surface area contributed by atoms with Gasteiger partial charge in [0.15, 0.2) is 0 Å². The van der Waals surface area contributed by atoms with E-state index < -0.39 is 0 Å². The Hall–Kier alpha value is -0.0800. The molecule has 0 rings (SSSR count). The van der Waals surface area contributed by atoms with Gasteiger partial charge in [-0.1, -0.05) is 84.5 Å². The van der Waals surface area contributed by atoms with Crippen LogP contribution in [0.15, 0.2) is 0 Å². The van der Waals surface area contributed by atoms with Crippen molar-refractivity contribution in [1.29, 1.82) is 0 Å². The zero-order chi connectivity index (χ0) is 15.8. The number of rotatable bonds is 16. The smallest absolute Gasteiger partial charge is 0.0540 e. The average molecular weight is 301 g/mol. The predicted octanol–water partition coefficient (Wildman–Crippen LogP) is 5.60. The summed E-state index contributed by atoms with van der Waals surface area (Å²) in [5.41, 5.74) is 0. The first-order chi connectivity index (χ1) is 10.2. The van der Waals surface area contributed by atoms with Crippen LogP contribution >= 0.6 is 0 Å². The molecule has 2 N–H and O–H groups in total. The lowest BCUT2D eigenvalue weighted by molar-refractivity contribution is 0.140. The van der Waals surface area contributed by atoms with Crippen molar-refractivity contribution in [3.8, 4) is 0 Å². The summed E-state index contributed by atoms with van der Waals surface area (Å²) < 4.78 is 0. The molecule has 0 fully saturated rings. The molecule has 2 unspecified atom stereocenters. The quantitative estimate of drug-likeness (QED) is 0.364. The Balaban J connectivity index is 3.21. The highest BCUT2D eigenvalue weighted by molar-refractivity contribution is 4.59. The molecule has 0 aliphatic carbocycles. The molecule has 0 spiro atoms. The standard InChI is InChI=1S/C19H40O2/c1-3-5-6-7-8-9-11-16-19(21)17-13-10-12-15-18(20)14-4-2/h18-21H,3-17H2,1-2H3. The highest BCUT2D eigenvalue weighted by Gasteiger charge is 2.05. The Morgan fingerprint density at radius 1 is 0.476 bits per heavy atom. The Bertz CT molecular complexity index is 194. The second kappa shape index (κ2) is 16.3. The van der Waals surface area contributed by atoms with Gasteiger partial charge in [0.05, 0.1) is 12.2 Å². The highest BCUT2D eigenvalue weighted by atomic mass is 16.3. The summed E-state index contributed by atoms with van der Waals surface area (Å²) in [5.74, 6) is 0. The van der Waals surface area contributed by atoms with E-state index in [0.717, 1.165) is 51.4 Å². The van der Waals surface area contributed by atoms with E-state index in [1.54, 1.807) is 0 Å². The molecule has 0 radical (unpaired) electrons. The predicted molar refractivity (Wildman–Crippen MR) is 92.6 cm³/mol. The number of hydrogen-bond acceptors (Lipinski definition) is 2. The van der Waals surface area contributed by atoms with E-state index in [1.807, 2.05) is 0 Å². The fraction of sp³-hybridized carbons (Fsp3) is 1.00. The van der Waals surface area contributed by atoms with Crippen molar-refractivity contribution >= 4 is 0 Å². The van der Waals surface area contributed by atoms with E-state index in [9.17, 15) is 10.2 Å². The van der Waals surface area contributed by atoms with Gasteiger partial charge in [-0.25, -0.2) is 0 Å². The fourth-order valence-electron chi connectivity index (χ4n) is 2.90. The van der Waals surface area contributed by atoms with Crippen molar-refractivity contribution in [2.75, 3.05) is 0 Å². The van der Waals surface area contributed by atoms with Gasteiger partial charge >= 0.3 is 0 Å². The lowest BCUT2D eigenvalue weighted by atomic mass is 10.0. The highest BCUT2D eigenvalue weighted by Crippen LogP contribution is 2.14. The Morgan fingerprint density at radius 3 is 1.33 bits per heavy atom. The molecule has 2 heteroatoms. The van der Waals surface area contributed by atoms with Crippen LogP contribution in [-0.4, -0.2) is 22.4 Å². The molecule has 0 amide bonds. The molecule has 0 aliphatic heterocycles. The lowest BCUT2D eigenvalue weighted by Gasteiger charge is -2.11. The van der Waals surface area contributed by atoms with Crippen LogP contribution in [0.25, 0.3) is 0 Å². The maximum atomic E-state index is 9.93. The van der Waals surface area contributed by atoms with Gasteiger partial charge < -0.3 is 10.2 Å². The summed E-state index contributed by atoms with van der Waals surface area (Å²) in [4.78, 5) is 0. The minimum absolute atomic E-state index is 0.0961. The third kappa shape index (κ3) is 16.1. The van der Waals surface area contributed by atoms with Crippen LogP contribution in [-0.2, 0) is 0 Å². The van der Waals surface area contributed by atoms with Crippen LogP contribution < -0.4 is 0 Å². The zero-order valence-corrected chi connectivity index (χ0v) is 14.7. The van der Waals surface area contributed by atoms with Gasteiger partial charge in [-0.2, -0.15) is 0 Å². The molecule has 21 heavy (non-hydrogen) atoms. The summed E-state index contributed by atoms with van der Waals surface area (Å²) in [6.45, 7) is 4.37. The molecule has 0 aromatic rings. The van der Waals surface area contributed by atoms with E-state index in [4.69, 9.17) is 0 Å². The fourth-order valence-corrected chi connectivity index (χ4v) is 2.90. The van der Waals surface area contributed by atoms with E-state index in [0.29, 0.717) is 0 Å². The number of unbranched alkanes of at least 4 members (excludes halogenated alkanes) is 8. The summed E-state index contributed by atoms with van der Waals surface area (Å²) >= 11 is 0. The molecule has 0 saturated heterocycles. The van der Waals surface area contributed by atoms with Crippen LogP contribution in [0.3, 0.4) is 0 Å². The largest absolute Gasteiger partial charge is 0.393 e. The van der Waals surface area contributed by atoms with Crippen molar-refractivity contribution in [3.63, 3.8) is 0 Å². The van der Waals surface area contributed by atoms with Gasteiger partial charge in [0.25, 0.3) is 0 Å². The first-order valence-electron chi connectivity index (χ1n) is 9.56. The van der Waals surface area contributed by atoms with Gasteiger partial charge in [0, 0.05) is 0 Å². The Kier molecular flexibility index (Phi) is 16.2. The lowest BCUT2D eigenvalue weighted by Crippen LogP contribution is -2.07. The minimum Gasteiger partial charge on any atom is -0.393 e. The molecular formula is C19H40O2. The van der Waals surface area contributed by atoms with Crippen LogP contribution in [0.5, 0.6) is 0 Å². The molecule has 2 nitrogen and oxygen atoms in total. The third-order valence-electron chi connectivity index (χ3n) is 4.34. The minimum atomic E-state index is -0.104. The first kappa shape index (κ1) is 20.9. The van der Waals surface area contributed by atoms with Gasteiger partial charge in [-0.15, -0.1) is 0 Å².